The predicted octanol–water partition coefficient (Wildman–Crippen LogP) is 0.724. The van der Waals surface area contributed by atoms with Crippen LogP contribution in [0.3, 0.4) is 0 Å². The molecule has 0 fully saturated rings. The molecule has 0 saturated carbocycles. The van der Waals surface area contributed by atoms with Crippen molar-refractivity contribution in [3.8, 4) is 6.07 Å². The van der Waals surface area contributed by atoms with Gasteiger partial charge in [-0.1, -0.05) is 6.07 Å². The molecule has 0 bridgehead atoms. The molecule has 0 spiro atoms. The van der Waals surface area contributed by atoms with Crippen LogP contribution in [0.4, 0.5) is 10.5 Å². The van der Waals surface area contributed by atoms with Crippen molar-refractivity contribution in [2.75, 3.05) is 12.4 Å². The second-order valence-electron chi connectivity index (χ2n) is 3.20. The number of rotatable bonds is 0. The number of hydrogen-bond donors (Lipinski definition) is 1. The van der Waals surface area contributed by atoms with Gasteiger partial charge in [0.05, 0.1) is 11.3 Å². The van der Waals surface area contributed by atoms with Crippen LogP contribution in [-0.2, 0) is 10.0 Å². The molecule has 6 nitrogen and oxygen atoms in total. The number of hydrogen-bond acceptors (Lipinski definition) is 4. The summed E-state index contributed by atoms with van der Waals surface area (Å²) in [6.07, 6.45) is 0. The van der Waals surface area contributed by atoms with E-state index in [4.69, 9.17) is 5.26 Å². The van der Waals surface area contributed by atoms with Gasteiger partial charge in [-0.3, -0.25) is 0 Å². The van der Waals surface area contributed by atoms with E-state index in [1.165, 1.54) is 18.2 Å². The van der Waals surface area contributed by atoms with Gasteiger partial charge in [0.1, 0.15) is 11.0 Å². The van der Waals surface area contributed by atoms with Crippen LogP contribution in [0, 0.1) is 11.3 Å². The average Bonchev–Trinajstić information content (AvgIpc) is 2.25. The highest BCUT2D eigenvalue weighted by Gasteiger charge is 2.35. The van der Waals surface area contributed by atoms with Gasteiger partial charge in [0.2, 0.25) is 0 Å². The molecule has 1 N–H and O–H groups in total. The Labute approximate surface area is 92.1 Å². The van der Waals surface area contributed by atoms with Gasteiger partial charge in [0.15, 0.2) is 0 Å². The van der Waals surface area contributed by atoms with Gasteiger partial charge in [-0.15, -0.1) is 0 Å². The second-order valence-corrected chi connectivity index (χ2v) is 5.10. The summed E-state index contributed by atoms with van der Waals surface area (Å²) < 4.78 is 24.4. The number of nitriles is 1. The minimum Gasteiger partial charge on any atom is -0.306 e. The van der Waals surface area contributed by atoms with E-state index in [0.29, 0.717) is 4.31 Å². The SMILES string of the molecule is CN1C(=O)Nc2cccc(C#N)c2S1(=O)=O. The minimum atomic E-state index is -3.91. The van der Waals surface area contributed by atoms with E-state index in [9.17, 15) is 13.2 Å². The number of carbonyl (C=O) groups is 1. The molecule has 16 heavy (non-hydrogen) atoms. The molecule has 0 aromatic heterocycles. The fourth-order valence-electron chi connectivity index (χ4n) is 1.44. The van der Waals surface area contributed by atoms with Crippen molar-refractivity contribution in [1.82, 2.24) is 4.31 Å². The number of nitrogens with zero attached hydrogens (tertiary/aromatic N) is 2. The van der Waals surface area contributed by atoms with Gasteiger partial charge in [0, 0.05) is 7.05 Å². The molecule has 0 radical (unpaired) electrons. The van der Waals surface area contributed by atoms with Crippen LogP contribution in [0.25, 0.3) is 0 Å². The summed E-state index contributed by atoms with van der Waals surface area (Å²) in [5.41, 5.74) is 0.159. The van der Waals surface area contributed by atoms with E-state index in [1.54, 1.807) is 6.07 Å². The molecule has 1 aromatic rings. The van der Waals surface area contributed by atoms with Gasteiger partial charge >= 0.3 is 6.03 Å². The van der Waals surface area contributed by atoms with E-state index in [0.717, 1.165) is 7.05 Å². The molecule has 0 unspecified atom stereocenters. The van der Waals surface area contributed by atoms with Crippen molar-refractivity contribution < 1.29 is 13.2 Å². The van der Waals surface area contributed by atoms with Crippen molar-refractivity contribution in [1.29, 1.82) is 5.26 Å². The van der Waals surface area contributed by atoms with Crippen molar-refractivity contribution in [3.05, 3.63) is 23.8 Å². The topological polar surface area (TPSA) is 90.3 Å². The highest BCUT2D eigenvalue weighted by molar-refractivity contribution is 7.90. The van der Waals surface area contributed by atoms with Gasteiger partial charge in [-0.25, -0.2) is 17.5 Å². The Morgan fingerprint density at radius 2 is 2.12 bits per heavy atom. The molecule has 2 amide bonds. The number of sulfonamides is 1. The number of amides is 2. The maximum absolute atomic E-state index is 11.9. The first-order chi connectivity index (χ1) is 7.48. The van der Waals surface area contributed by atoms with Crippen LogP contribution in [0.5, 0.6) is 0 Å². The third kappa shape index (κ3) is 1.24. The Hall–Kier alpha value is -2.07. The van der Waals surface area contributed by atoms with Crippen LogP contribution in [-0.4, -0.2) is 25.8 Å². The summed E-state index contributed by atoms with van der Waals surface area (Å²) in [7, 11) is -2.77. The number of urea groups is 1. The molecule has 1 aromatic carbocycles. The van der Waals surface area contributed by atoms with Crippen LogP contribution in [0.2, 0.25) is 0 Å². The molecule has 2 rings (SSSR count). The highest BCUT2D eigenvalue weighted by Crippen LogP contribution is 2.31. The Balaban J connectivity index is 2.83. The third-order valence-electron chi connectivity index (χ3n) is 2.28. The van der Waals surface area contributed by atoms with E-state index in [2.05, 4.69) is 5.32 Å². The van der Waals surface area contributed by atoms with Crippen LogP contribution >= 0.6 is 0 Å². The number of nitrogens with one attached hydrogen (secondary N) is 1. The molecule has 1 aliphatic heterocycles. The number of carbonyl (C=O) groups excluding carboxylic acids is 1. The number of anilines is 1. The van der Waals surface area contributed by atoms with Crippen LogP contribution in [0.1, 0.15) is 5.56 Å². The normalized spacial score (nSPS) is 17.2. The molecule has 82 valence electrons. The van der Waals surface area contributed by atoms with E-state index in [-0.39, 0.29) is 16.1 Å². The van der Waals surface area contributed by atoms with E-state index < -0.39 is 16.1 Å². The van der Waals surface area contributed by atoms with Gasteiger partial charge < -0.3 is 5.32 Å². The van der Waals surface area contributed by atoms with Crippen molar-refractivity contribution in [3.63, 3.8) is 0 Å². The lowest BCUT2D eigenvalue weighted by Gasteiger charge is -2.25. The summed E-state index contributed by atoms with van der Waals surface area (Å²) in [6, 6.07) is 5.40. The summed E-state index contributed by atoms with van der Waals surface area (Å²) in [6.45, 7) is 0. The minimum absolute atomic E-state index is 0.0179. The Bertz CT molecular complexity index is 615. The van der Waals surface area contributed by atoms with Gasteiger partial charge in [0.25, 0.3) is 10.0 Å². The van der Waals surface area contributed by atoms with E-state index in [1.807, 2.05) is 0 Å². The lowest BCUT2D eigenvalue weighted by atomic mass is 10.2. The largest absolute Gasteiger partial charge is 0.335 e. The Morgan fingerprint density at radius 3 is 2.75 bits per heavy atom. The van der Waals surface area contributed by atoms with E-state index >= 15 is 0 Å². The van der Waals surface area contributed by atoms with Crippen molar-refractivity contribution >= 4 is 21.7 Å². The first-order valence-corrected chi connectivity index (χ1v) is 5.75. The van der Waals surface area contributed by atoms with Gasteiger partial charge in [-0.05, 0) is 12.1 Å². The molecule has 0 aliphatic carbocycles. The van der Waals surface area contributed by atoms with Crippen LogP contribution in [0.15, 0.2) is 23.1 Å². The monoisotopic (exact) mass is 237 g/mol. The molecular weight excluding hydrogens is 230 g/mol. The average molecular weight is 237 g/mol. The first-order valence-electron chi connectivity index (χ1n) is 4.31. The molecule has 0 atom stereocenters. The zero-order chi connectivity index (χ0) is 11.9. The smallest absolute Gasteiger partial charge is 0.306 e. The van der Waals surface area contributed by atoms with Crippen LogP contribution < -0.4 is 5.32 Å². The lowest BCUT2D eigenvalue weighted by Crippen LogP contribution is -2.41. The molecule has 1 aliphatic rings. The number of benzene rings is 1. The third-order valence-corrected chi connectivity index (χ3v) is 4.12. The molecule has 7 heteroatoms. The summed E-state index contributed by atoms with van der Waals surface area (Å²) in [5, 5.41) is 11.2. The standard InChI is InChI=1S/C9H7N3O3S/c1-12-9(13)11-7-4-2-3-6(5-10)8(7)16(12,14)15/h2-4H,1H3,(H,11,13). The quantitative estimate of drug-likeness (QED) is 0.720. The summed E-state index contributed by atoms with van der Waals surface area (Å²) >= 11 is 0. The van der Waals surface area contributed by atoms with Gasteiger partial charge in [-0.2, -0.15) is 5.26 Å². The molecule has 0 saturated heterocycles. The summed E-state index contributed by atoms with van der Waals surface area (Å²) in [5.74, 6) is 0. The maximum Gasteiger partial charge on any atom is 0.335 e. The fraction of sp³-hybridized carbons (Fsp3) is 0.111. The Kier molecular flexibility index (Phi) is 2.10. The summed E-state index contributed by atoms with van der Waals surface area (Å²) in [4.78, 5) is 11.2. The van der Waals surface area contributed by atoms with Crippen molar-refractivity contribution in [2.45, 2.75) is 4.90 Å². The fourth-order valence-corrected chi connectivity index (χ4v) is 2.77. The number of fused-ring (bicyclic) bond motifs is 1. The lowest BCUT2D eigenvalue weighted by molar-refractivity contribution is 0.240. The maximum atomic E-state index is 11.9. The molecule has 1 heterocycles. The second kappa shape index (κ2) is 3.21. The molecular formula is C9H7N3O3S. The predicted molar refractivity (Wildman–Crippen MR) is 55.1 cm³/mol. The highest BCUT2D eigenvalue weighted by atomic mass is 32.2. The zero-order valence-electron chi connectivity index (χ0n) is 8.26. The van der Waals surface area contributed by atoms with Crippen molar-refractivity contribution in [2.24, 2.45) is 0 Å². The Morgan fingerprint density at radius 1 is 1.44 bits per heavy atom. The zero-order valence-corrected chi connectivity index (χ0v) is 9.08. The first kappa shape index (κ1) is 10.4.